The van der Waals surface area contributed by atoms with Gasteiger partial charge in [-0.3, -0.25) is 4.90 Å². The first-order valence-electron chi connectivity index (χ1n) is 8.40. The lowest BCUT2D eigenvalue weighted by atomic mass is 10.0. The molecule has 0 bridgehead atoms. The molecule has 1 saturated heterocycles. The van der Waals surface area contributed by atoms with Crippen molar-refractivity contribution in [1.29, 1.82) is 0 Å². The smallest absolute Gasteiger partial charge is 0.0453 e. The Morgan fingerprint density at radius 1 is 1.33 bits per heavy atom. The summed E-state index contributed by atoms with van der Waals surface area (Å²) in [4.78, 5) is 2.69. The van der Waals surface area contributed by atoms with Gasteiger partial charge in [0.1, 0.15) is 0 Å². The van der Waals surface area contributed by atoms with Gasteiger partial charge in [0, 0.05) is 36.7 Å². The second-order valence-corrected chi connectivity index (χ2v) is 7.23. The van der Waals surface area contributed by atoms with Crippen LogP contribution in [-0.4, -0.2) is 30.1 Å². The van der Waals surface area contributed by atoms with Crippen LogP contribution in [0.2, 0.25) is 5.02 Å². The van der Waals surface area contributed by atoms with Crippen LogP contribution in [0, 0.1) is 12.8 Å². The molecule has 3 heteroatoms. The molecule has 2 aliphatic rings. The summed E-state index contributed by atoms with van der Waals surface area (Å²) in [5.74, 6) is 0.907. The van der Waals surface area contributed by atoms with Crippen LogP contribution in [0.4, 0.5) is 0 Å². The van der Waals surface area contributed by atoms with Crippen LogP contribution < -0.4 is 5.32 Å². The van der Waals surface area contributed by atoms with Crippen molar-refractivity contribution in [3.63, 3.8) is 0 Å². The molecule has 0 amide bonds. The summed E-state index contributed by atoms with van der Waals surface area (Å²) in [5.41, 5.74) is 2.52. The van der Waals surface area contributed by atoms with Gasteiger partial charge in [0.15, 0.2) is 0 Å². The second kappa shape index (κ2) is 6.68. The first-order chi connectivity index (χ1) is 10.2. The number of benzene rings is 1. The van der Waals surface area contributed by atoms with E-state index in [0.29, 0.717) is 12.1 Å². The number of hydrogen-bond acceptors (Lipinski definition) is 2. The van der Waals surface area contributed by atoms with Gasteiger partial charge in [-0.25, -0.2) is 0 Å². The zero-order valence-electron chi connectivity index (χ0n) is 13.2. The number of hydrogen-bond donors (Lipinski definition) is 1. The van der Waals surface area contributed by atoms with E-state index in [9.17, 15) is 0 Å². The van der Waals surface area contributed by atoms with Gasteiger partial charge in [0.2, 0.25) is 0 Å². The topological polar surface area (TPSA) is 15.3 Å². The lowest BCUT2D eigenvalue weighted by Crippen LogP contribution is -2.56. The monoisotopic (exact) mass is 306 g/mol. The molecule has 1 aliphatic carbocycles. The van der Waals surface area contributed by atoms with Crippen LogP contribution in [0.15, 0.2) is 18.2 Å². The minimum Gasteiger partial charge on any atom is -0.311 e. The minimum absolute atomic E-state index is 0.647. The molecule has 0 aromatic heterocycles. The number of rotatable bonds is 5. The second-order valence-electron chi connectivity index (χ2n) is 6.82. The summed E-state index contributed by atoms with van der Waals surface area (Å²) in [6.45, 7) is 7.70. The van der Waals surface area contributed by atoms with Crippen molar-refractivity contribution in [2.45, 2.75) is 58.2 Å². The molecule has 2 nitrogen and oxygen atoms in total. The fraction of sp³-hybridized carbons (Fsp3) is 0.667. The van der Waals surface area contributed by atoms with Crippen molar-refractivity contribution in [1.82, 2.24) is 10.2 Å². The average Bonchev–Trinajstić information content (AvgIpc) is 3.27. The zero-order valence-corrected chi connectivity index (χ0v) is 14.0. The SMILES string of the molecule is CCCC1CN(Cc2ccc(C)cc2Cl)C(C2CC2)CN1. The summed E-state index contributed by atoms with van der Waals surface area (Å²) >= 11 is 6.45. The highest BCUT2D eigenvalue weighted by Crippen LogP contribution is 2.37. The molecule has 2 fully saturated rings. The molecular weight excluding hydrogens is 280 g/mol. The van der Waals surface area contributed by atoms with Crippen LogP contribution >= 0.6 is 11.6 Å². The first kappa shape index (κ1) is 15.3. The maximum atomic E-state index is 6.45. The molecule has 3 rings (SSSR count). The number of aryl methyl sites for hydroxylation is 1. The zero-order chi connectivity index (χ0) is 14.8. The molecule has 2 unspecified atom stereocenters. The Hall–Kier alpha value is -0.570. The Kier molecular flexibility index (Phi) is 4.88. The van der Waals surface area contributed by atoms with Crippen molar-refractivity contribution >= 4 is 11.6 Å². The summed E-state index contributed by atoms with van der Waals surface area (Å²) in [5, 5.41) is 4.68. The van der Waals surface area contributed by atoms with Crippen LogP contribution in [0.3, 0.4) is 0 Å². The van der Waals surface area contributed by atoms with E-state index >= 15 is 0 Å². The molecule has 1 heterocycles. The van der Waals surface area contributed by atoms with Gasteiger partial charge in [0.05, 0.1) is 0 Å². The van der Waals surface area contributed by atoms with E-state index < -0.39 is 0 Å². The number of nitrogens with zero attached hydrogens (tertiary/aromatic N) is 1. The third kappa shape index (κ3) is 3.80. The summed E-state index contributed by atoms with van der Waals surface area (Å²) in [6, 6.07) is 7.83. The number of nitrogens with one attached hydrogen (secondary N) is 1. The third-order valence-corrected chi connectivity index (χ3v) is 5.28. The maximum Gasteiger partial charge on any atom is 0.0453 e. The Balaban J connectivity index is 1.72. The van der Waals surface area contributed by atoms with E-state index in [4.69, 9.17) is 11.6 Å². The molecule has 0 radical (unpaired) electrons. The summed E-state index contributed by atoms with van der Waals surface area (Å²) in [6.07, 6.45) is 5.34. The van der Waals surface area contributed by atoms with Gasteiger partial charge in [-0.15, -0.1) is 0 Å². The van der Waals surface area contributed by atoms with Gasteiger partial charge >= 0.3 is 0 Å². The van der Waals surface area contributed by atoms with Gasteiger partial charge in [-0.1, -0.05) is 37.1 Å². The van der Waals surface area contributed by atoms with Crippen LogP contribution in [0.5, 0.6) is 0 Å². The van der Waals surface area contributed by atoms with Crippen LogP contribution in [-0.2, 0) is 6.54 Å². The quantitative estimate of drug-likeness (QED) is 0.884. The highest BCUT2D eigenvalue weighted by molar-refractivity contribution is 6.31. The average molecular weight is 307 g/mol. The Morgan fingerprint density at radius 2 is 2.14 bits per heavy atom. The number of halogens is 1. The number of piperazine rings is 1. The molecule has 0 spiro atoms. The molecule has 21 heavy (non-hydrogen) atoms. The van der Waals surface area contributed by atoms with Crippen molar-refractivity contribution in [2.75, 3.05) is 13.1 Å². The normalized spacial score (nSPS) is 27.0. The molecule has 1 aliphatic heterocycles. The predicted molar refractivity (Wildman–Crippen MR) is 89.8 cm³/mol. The van der Waals surface area contributed by atoms with Crippen molar-refractivity contribution in [2.24, 2.45) is 5.92 Å². The highest BCUT2D eigenvalue weighted by Gasteiger charge is 2.38. The minimum atomic E-state index is 0.647. The van der Waals surface area contributed by atoms with Crippen LogP contribution in [0.25, 0.3) is 0 Å². The lowest BCUT2D eigenvalue weighted by Gasteiger charge is -2.41. The van der Waals surface area contributed by atoms with Crippen LogP contribution in [0.1, 0.15) is 43.7 Å². The van der Waals surface area contributed by atoms with Gasteiger partial charge in [-0.2, -0.15) is 0 Å². The highest BCUT2D eigenvalue weighted by atomic mass is 35.5. The van der Waals surface area contributed by atoms with E-state index in [2.05, 4.69) is 42.3 Å². The molecule has 1 aromatic carbocycles. The Morgan fingerprint density at radius 3 is 2.81 bits per heavy atom. The van der Waals surface area contributed by atoms with Gasteiger partial charge in [-0.05, 0) is 49.3 Å². The van der Waals surface area contributed by atoms with E-state index in [-0.39, 0.29) is 0 Å². The van der Waals surface area contributed by atoms with Crippen molar-refractivity contribution in [3.8, 4) is 0 Å². The molecule has 1 aromatic rings. The Labute approximate surface area is 133 Å². The molecule has 1 saturated carbocycles. The van der Waals surface area contributed by atoms with E-state index in [1.165, 1.54) is 43.4 Å². The van der Waals surface area contributed by atoms with E-state index in [1.54, 1.807) is 0 Å². The first-order valence-corrected chi connectivity index (χ1v) is 8.77. The molecular formula is C18H27ClN2. The summed E-state index contributed by atoms with van der Waals surface area (Å²) < 4.78 is 0. The summed E-state index contributed by atoms with van der Waals surface area (Å²) in [7, 11) is 0. The van der Waals surface area contributed by atoms with E-state index in [0.717, 1.165) is 24.0 Å². The molecule has 1 N–H and O–H groups in total. The predicted octanol–water partition coefficient (Wildman–Crippen LogP) is 4.00. The van der Waals surface area contributed by atoms with E-state index in [1.807, 2.05) is 0 Å². The van der Waals surface area contributed by atoms with Crippen molar-refractivity contribution < 1.29 is 0 Å². The fourth-order valence-corrected chi connectivity index (χ4v) is 3.86. The lowest BCUT2D eigenvalue weighted by molar-refractivity contribution is 0.104. The van der Waals surface area contributed by atoms with Crippen molar-refractivity contribution in [3.05, 3.63) is 34.3 Å². The molecule has 2 atom stereocenters. The van der Waals surface area contributed by atoms with Gasteiger partial charge < -0.3 is 5.32 Å². The fourth-order valence-electron chi connectivity index (χ4n) is 3.57. The van der Waals surface area contributed by atoms with Gasteiger partial charge in [0.25, 0.3) is 0 Å². The Bertz CT molecular complexity index is 484. The maximum absolute atomic E-state index is 6.45. The molecule has 116 valence electrons. The largest absolute Gasteiger partial charge is 0.311 e. The third-order valence-electron chi connectivity index (χ3n) is 4.92. The standard InChI is InChI=1S/C18H27ClN2/c1-3-4-16-12-21(18(10-20-16)14-7-8-14)11-15-6-5-13(2)9-17(15)19/h5-6,9,14,16,18,20H,3-4,7-8,10-12H2,1-2H3.